The third-order valence-electron chi connectivity index (χ3n) is 4.34. The van der Waals surface area contributed by atoms with Crippen LogP contribution in [-0.4, -0.2) is 35.9 Å². The van der Waals surface area contributed by atoms with E-state index in [1.807, 2.05) is 17.8 Å². The molecule has 0 bridgehead atoms. The summed E-state index contributed by atoms with van der Waals surface area (Å²) in [6.45, 7) is 0. The number of aliphatic carboxylic acids is 1. The summed E-state index contributed by atoms with van der Waals surface area (Å²) < 4.78 is 12.5. The lowest BCUT2D eigenvalue weighted by molar-refractivity contribution is -0.131. The first kappa shape index (κ1) is 19.0. The van der Waals surface area contributed by atoms with Crippen LogP contribution in [0.1, 0.15) is 5.56 Å². The van der Waals surface area contributed by atoms with Crippen molar-refractivity contribution in [1.82, 2.24) is 4.57 Å². The molecule has 1 aromatic heterocycles. The Morgan fingerprint density at radius 2 is 1.79 bits per heavy atom. The first-order valence-corrected chi connectivity index (χ1v) is 8.48. The second-order valence-corrected chi connectivity index (χ2v) is 6.17. The van der Waals surface area contributed by atoms with Crippen molar-refractivity contribution in [3.05, 3.63) is 60.3 Å². The number of anilines is 1. The van der Waals surface area contributed by atoms with Crippen LogP contribution >= 0.6 is 0 Å². The van der Waals surface area contributed by atoms with Crippen LogP contribution in [0.4, 0.5) is 10.5 Å². The van der Waals surface area contributed by atoms with Crippen LogP contribution in [-0.2, 0) is 11.8 Å². The van der Waals surface area contributed by atoms with Crippen LogP contribution < -0.4 is 14.4 Å². The molecular formula is C21H20N2O5. The first-order chi connectivity index (χ1) is 13.4. The van der Waals surface area contributed by atoms with Gasteiger partial charge in [0.2, 0.25) is 0 Å². The van der Waals surface area contributed by atoms with Crippen molar-refractivity contribution >= 4 is 34.7 Å². The second kappa shape index (κ2) is 7.87. The molecule has 0 atom stereocenters. The van der Waals surface area contributed by atoms with Gasteiger partial charge in [0.05, 0.1) is 12.6 Å². The lowest BCUT2D eigenvalue weighted by atomic mass is 10.1. The van der Waals surface area contributed by atoms with E-state index in [0.717, 1.165) is 22.5 Å². The highest BCUT2D eigenvalue weighted by atomic mass is 16.6. The number of benzene rings is 2. The van der Waals surface area contributed by atoms with Crippen LogP contribution in [0.3, 0.4) is 0 Å². The maximum absolute atomic E-state index is 12.5. The fraction of sp³-hybridized carbons (Fsp3) is 0.143. The summed E-state index contributed by atoms with van der Waals surface area (Å²) in [7, 11) is 5.05. The number of carboxylic acid groups (broad SMARTS) is 1. The number of fused-ring (bicyclic) bond motifs is 1. The molecule has 0 radical (unpaired) electrons. The number of rotatable bonds is 5. The minimum atomic E-state index is -1.01. The molecule has 1 N–H and O–H groups in total. The molecule has 0 aliphatic rings. The highest BCUT2D eigenvalue weighted by molar-refractivity contribution is 5.95. The number of nitrogens with zero attached hydrogens (tertiary/aromatic N) is 2. The molecule has 0 saturated heterocycles. The number of ether oxygens (including phenoxy) is 2. The molecule has 3 rings (SSSR count). The minimum Gasteiger partial charge on any atom is -0.497 e. The van der Waals surface area contributed by atoms with Crippen LogP contribution in [0.15, 0.2) is 54.7 Å². The van der Waals surface area contributed by atoms with Crippen LogP contribution in [0, 0.1) is 0 Å². The Bertz CT molecular complexity index is 1050. The van der Waals surface area contributed by atoms with Gasteiger partial charge >= 0.3 is 12.1 Å². The third kappa shape index (κ3) is 3.98. The summed E-state index contributed by atoms with van der Waals surface area (Å²) in [5, 5.41) is 9.67. The van der Waals surface area contributed by atoms with E-state index in [0.29, 0.717) is 17.2 Å². The van der Waals surface area contributed by atoms with E-state index >= 15 is 0 Å². The van der Waals surface area contributed by atoms with Crippen molar-refractivity contribution in [1.29, 1.82) is 0 Å². The number of hydrogen-bond acceptors (Lipinski definition) is 4. The predicted molar refractivity (Wildman–Crippen MR) is 107 cm³/mol. The quantitative estimate of drug-likeness (QED) is 0.679. The number of aromatic nitrogens is 1. The predicted octanol–water partition coefficient (Wildman–Crippen LogP) is 3.92. The van der Waals surface area contributed by atoms with Crippen molar-refractivity contribution in [2.75, 3.05) is 19.1 Å². The highest BCUT2D eigenvalue weighted by Gasteiger charge is 2.15. The van der Waals surface area contributed by atoms with E-state index in [2.05, 4.69) is 0 Å². The molecule has 0 aliphatic heterocycles. The Kier molecular flexibility index (Phi) is 5.35. The van der Waals surface area contributed by atoms with Crippen molar-refractivity contribution in [3.8, 4) is 11.5 Å². The number of amides is 1. The van der Waals surface area contributed by atoms with Gasteiger partial charge in [0, 0.05) is 49.1 Å². The number of carbonyl (C=O) groups excluding carboxylic acids is 1. The van der Waals surface area contributed by atoms with E-state index < -0.39 is 12.1 Å². The topological polar surface area (TPSA) is 81.0 Å². The van der Waals surface area contributed by atoms with E-state index in [1.54, 1.807) is 56.6 Å². The van der Waals surface area contributed by atoms with Gasteiger partial charge in [-0.25, -0.2) is 9.59 Å². The largest absolute Gasteiger partial charge is 0.497 e. The van der Waals surface area contributed by atoms with Crippen LogP contribution in [0.5, 0.6) is 11.5 Å². The zero-order chi connectivity index (χ0) is 20.3. The molecule has 0 saturated carbocycles. The normalized spacial score (nSPS) is 11.0. The van der Waals surface area contributed by atoms with Gasteiger partial charge in [0.25, 0.3) is 0 Å². The fourth-order valence-electron chi connectivity index (χ4n) is 2.83. The second-order valence-electron chi connectivity index (χ2n) is 6.17. The van der Waals surface area contributed by atoms with Crippen molar-refractivity contribution in [2.24, 2.45) is 7.05 Å². The van der Waals surface area contributed by atoms with Gasteiger partial charge in [0.1, 0.15) is 11.5 Å². The van der Waals surface area contributed by atoms with Gasteiger partial charge in [-0.3, -0.25) is 4.90 Å². The Balaban J connectivity index is 1.80. The lowest BCUT2D eigenvalue weighted by Gasteiger charge is -2.17. The molecule has 1 amide bonds. The summed E-state index contributed by atoms with van der Waals surface area (Å²) in [5.41, 5.74) is 2.27. The summed E-state index contributed by atoms with van der Waals surface area (Å²) in [6, 6.07) is 12.3. The van der Waals surface area contributed by atoms with Crippen molar-refractivity contribution in [2.45, 2.75) is 0 Å². The highest BCUT2D eigenvalue weighted by Crippen LogP contribution is 2.27. The zero-order valence-corrected chi connectivity index (χ0v) is 15.7. The zero-order valence-electron chi connectivity index (χ0n) is 15.7. The standard InChI is InChI=1S/C21H20N2O5/c1-22-13-14(4-11-20(24)25)18-10-9-17(12-19(18)22)28-21(26)23(2)15-5-7-16(27-3)8-6-15/h4-13H,1-3H3,(H,24,25)/b11-4+. The molecule has 144 valence electrons. The van der Waals surface area contributed by atoms with Crippen molar-refractivity contribution in [3.63, 3.8) is 0 Å². The average molecular weight is 380 g/mol. The first-order valence-electron chi connectivity index (χ1n) is 8.48. The molecule has 3 aromatic rings. The molecule has 28 heavy (non-hydrogen) atoms. The smallest absolute Gasteiger partial charge is 0.419 e. The Hall–Kier alpha value is -3.74. The lowest BCUT2D eigenvalue weighted by Crippen LogP contribution is -2.29. The number of carbonyl (C=O) groups is 2. The van der Waals surface area contributed by atoms with Gasteiger partial charge in [-0.05, 0) is 42.5 Å². The molecule has 1 heterocycles. The van der Waals surface area contributed by atoms with Gasteiger partial charge in [-0.15, -0.1) is 0 Å². The number of hydrogen-bond donors (Lipinski definition) is 1. The summed E-state index contributed by atoms with van der Waals surface area (Å²) in [4.78, 5) is 24.6. The maximum Gasteiger partial charge on any atom is 0.419 e. The monoisotopic (exact) mass is 380 g/mol. The van der Waals surface area contributed by atoms with Crippen molar-refractivity contribution < 1.29 is 24.2 Å². The van der Waals surface area contributed by atoms with Gasteiger partial charge in [-0.1, -0.05) is 0 Å². The molecule has 2 aromatic carbocycles. The van der Waals surface area contributed by atoms with Crippen LogP contribution in [0.2, 0.25) is 0 Å². The molecule has 0 unspecified atom stereocenters. The molecule has 7 nitrogen and oxygen atoms in total. The third-order valence-corrected chi connectivity index (χ3v) is 4.34. The summed E-state index contributed by atoms with van der Waals surface area (Å²) in [6.07, 6.45) is 3.92. The molecule has 0 aliphatic carbocycles. The number of carboxylic acids is 1. The van der Waals surface area contributed by atoms with Gasteiger partial charge < -0.3 is 19.1 Å². The minimum absolute atomic E-state index is 0.396. The number of aryl methyl sites for hydroxylation is 1. The Morgan fingerprint density at radius 1 is 1.11 bits per heavy atom. The summed E-state index contributed by atoms with van der Waals surface area (Å²) >= 11 is 0. The number of methoxy groups -OCH3 is 1. The molecular weight excluding hydrogens is 360 g/mol. The average Bonchev–Trinajstić information content (AvgIpc) is 3.01. The Morgan fingerprint density at radius 3 is 2.43 bits per heavy atom. The molecule has 7 heteroatoms. The maximum atomic E-state index is 12.5. The van der Waals surface area contributed by atoms with E-state index in [4.69, 9.17) is 14.6 Å². The molecule has 0 spiro atoms. The van der Waals surface area contributed by atoms with E-state index in [9.17, 15) is 9.59 Å². The van der Waals surface area contributed by atoms with Gasteiger partial charge in [-0.2, -0.15) is 0 Å². The van der Waals surface area contributed by atoms with E-state index in [1.165, 1.54) is 11.0 Å². The van der Waals surface area contributed by atoms with E-state index in [-0.39, 0.29) is 0 Å². The summed E-state index contributed by atoms with van der Waals surface area (Å²) in [5.74, 6) is 0.0874. The Labute approximate surface area is 162 Å². The molecule has 0 fully saturated rings. The SMILES string of the molecule is COc1ccc(N(C)C(=O)Oc2ccc3c(/C=C/C(=O)O)cn(C)c3c2)cc1. The fourth-order valence-corrected chi connectivity index (χ4v) is 2.83. The van der Waals surface area contributed by atoms with Crippen LogP contribution in [0.25, 0.3) is 17.0 Å². The van der Waals surface area contributed by atoms with Gasteiger partial charge in [0.15, 0.2) is 0 Å².